The normalized spacial score (nSPS) is 15.3. The summed E-state index contributed by atoms with van der Waals surface area (Å²) in [6.45, 7) is 0.709. The Morgan fingerprint density at radius 3 is 1.73 bits per heavy atom. The van der Waals surface area contributed by atoms with Crippen molar-refractivity contribution in [1.29, 1.82) is 0 Å². The summed E-state index contributed by atoms with van der Waals surface area (Å²) in [5.74, 6) is 0. The van der Waals surface area contributed by atoms with Crippen molar-refractivity contribution in [2.75, 3.05) is 7.11 Å². The Morgan fingerprint density at radius 1 is 0.867 bits per heavy atom. The quantitative estimate of drug-likeness (QED) is 0.705. The zero-order valence-corrected chi connectivity index (χ0v) is 9.74. The highest BCUT2D eigenvalue weighted by Crippen LogP contribution is 2.15. The van der Waals surface area contributed by atoms with Crippen molar-refractivity contribution in [3.63, 3.8) is 0 Å². The molecule has 0 saturated heterocycles. The van der Waals surface area contributed by atoms with Crippen LogP contribution in [0.1, 0.15) is 44.1 Å². The molecule has 1 heteroatoms. The first-order valence-corrected chi connectivity index (χ1v) is 5.96. The third-order valence-electron chi connectivity index (χ3n) is 2.65. The number of rotatable bonds is 2. The van der Waals surface area contributed by atoms with Gasteiger partial charge in [0.1, 0.15) is 0 Å². The van der Waals surface area contributed by atoms with Gasteiger partial charge in [0.05, 0.1) is 6.61 Å². The van der Waals surface area contributed by atoms with E-state index in [-0.39, 0.29) is 0 Å². The van der Waals surface area contributed by atoms with Crippen LogP contribution in [0.15, 0.2) is 30.3 Å². The fourth-order valence-electron chi connectivity index (χ4n) is 1.80. The second-order valence-electron chi connectivity index (χ2n) is 4.04. The summed E-state index contributed by atoms with van der Waals surface area (Å²) in [7, 11) is 1.70. The number of benzene rings is 1. The maximum atomic E-state index is 4.93. The summed E-state index contributed by atoms with van der Waals surface area (Å²) < 4.78 is 4.93. The summed E-state index contributed by atoms with van der Waals surface area (Å²) in [5, 5.41) is 0. The van der Waals surface area contributed by atoms with Gasteiger partial charge in [0.25, 0.3) is 0 Å². The minimum absolute atomic E-state index is 0.709. The van der Waals surface area contributed by atoms with E-state index in [1.54, 1.807) is 7.11 Å². The van der Waals surface area contributed by atoms with E-state index in [1.165, 1.54) is 44.1 Å². The fourth-order valence-corrected chi connectivity index (χ4v) is 1.80. The van der Waals surface area contributed by atoms with Gasteiger partial charge in [-0.05, 0) is 5.56 Å². The second-order valence-corrected chi connectivity index (χ2v) is 4.04. The van der Waals surface area contributed by atoms with Gasteiger partial charge in [-0.1, -0.05) is 68.9 Å². The lowest BCUT2D eigenvalue weighted by Crippen LogP contribution is -1.85. The van der Waals surface area contributed by atoms with E-state index in [2.05, 4.69) is 0 Å². The van der Waals surface area contributed by atoms with E-state index >= 15 is 0 Å². The molecule has 15 heavy (non-hydrogen) atoms. The van der Waals surface area contributed by atoms with Crippen molar-refractivity contribution >= 4 is 0 Å². The number of hydrogen-bond acceptors (Lipinski definition) is 1. The molecular weight excluding hydrogens is 184 g/mol. The van der Waals surface area contributed by atoms with Crippen LogP contribution in [0.2, 0.25) is 0 Å². The Bertz CT molecular complexity index is 215. The summed E-state index contributed by atoms with van der Waals surface area (Å²) >= 11 is 0. The lowest BCUT2D eigenvalue weighted by molar-refractivity contribution is 0.185. The first kappa shape index (κ1) is 12.3. The molecule has 0 spiro atoms. The highest BCUT2D eigenvalue weighted by atomic mass is 16.5. The van der Waals surface area contributed by atoms with Crippen molar-refractivity contribution in [1.82, 2.24) is 0 Å². The average molecular weight is 206 g/mol. The molecule has 1 aromatic carbocycles. The molecule has 1 nitrogen and oxygen atoms in total. The zero-order chi connectivity index (χ0) is 10.8. The molecule has 1 saturated carbocycles. The molecule has 0 heterocycles. The first-order valence-electron chi connectivity index (χ1n) is 5.96. The van der Waals surface area contributed by atoms with Gasteiger partial charge in [-0.25, -0.2) is 0 Å². The van der Waals surface area contributed by atoms with Crippen molar-refractivity contribution in [2.24, 2.45) is 0 Å². The van der Waals surface area contributed by atoms with Crippen molar-refractivity contribution in [2.45, 2.75) is 45.1 Å². The molecule has 1 aliphatic carbocycles. The van der Waals surface area contributed by atoms with Gasteiger partial charge in [0, 0.05) is 7.11 Å². The molecule has 0 N–H and O–H groups in total. The predicted molar refractivity (Wildman–Crippen MR) is 64.9 cm³/mol. The molecule has 0 radical (unpaired) electrons. The smallest absolute Gasteiger partial charge is 0.0713 e. The van der Waals surface area contributed by atoms with Crippen LogP contribution in [0.5, 0.6) is 0 Å². The molecule has 1 fully saturated rings. The third kappa shape index (κ3) is 6.29. The molecule has 1 aromatic rings. The second kappa shape index (κ2) is 8.49. The molecule has 0 amide bonds. The van der Waals surface area contributed by atoms with Crippen LogP contribution in [-0.4, -0.2) is 7.11 Å². The Morgan fingerprint density at radius 2 is 1.33 bits per heavy atom. The van der Waals surface area contributed by atoms with Crippen molar-refractivity contribution in [3.8, 4) is 0 Å². The van der Waals surface area contributed by atoms with Gasteiger partial charge in [0.2, 0.25) is 0 Å². The summed E-state index contributed by atoms with van der Waals surface area (Å²) in [5.41, 5.74) is 1.22. The minimum Gasteiger partial charge on any atom is -0.380 e. The fraction of sp³-hybridized carbons (Fsp3) is 0.571. The average Bonchev–Trinajstić information content (AvgIpc) is 2.34. The van der Waals surface area contributed by atoms with Gasteiger partial charge >= 0.3 is 0 Å². The molecule has 0 bridgehead atoms. The van der Waals surface area contributed by atoms with Crippen LogP contribution < -0.4 is 0 Å². The Labute approximate surface area is 93.5 Å². The summed E-state index contributed by atoms with van der Waals surface area (Å²) in [6.07, 6.45) is 9.00. The molecule has 84 valence electrons. The highest BCUT2D eigenvalue weighted by molar-refractivity contribution is 5.13. The maximum absolute atomic E-state index is 4.93. The van der Waals surface area contributed by atoms with Gasteiger partial charge in [0.15, 0.2) is 0 Å². The molecule has 0 unspecified atom stereocenters. The van der Waals surface area contributed by atoms with E-state index in [1.807, 2.05) is 30.3 Å². The van der Waals surface area contributed by atoms with Crippen LogP contribution in [0, 0.1) is 0 Å². The van der Waals surface area contributed by atoms with Crippen LogP contribution >= 0.6 is 0 Å². The van der Waals surface area contributed by atoms with E-state index < -0.39 is 0 Å². The molecule has 2 rings (SSSR count). The first-order chi connectivity index (χ1) is 7.43. The van der Waals surface area contributed by atoms with Crippen molar-refractivity contribution in [3.05, 3.63) is 35.9 Å². The molecule has 0 aliphatic heterocycles. The van der Waals surface area contributed by atoms with Gasteiger partial charge < -0.3 is 4.74 Å². The van der Waals surface area contributed by atoms with E-state index in [0.29, 0.717) is 6.61 Å². The number of ether oxygens (including phenoxy) is 1. The molecule has 0 atom stereocenters. The maximum Gasteiger partial charge on any atom is 0.0713 e. The van der Waals surface area contributed by atoms with Crippen LogP contribution in [0.4, 0.5) is 0 Å². The third-order valence-corrected chi connectivity index (χ3v) is 2.65. The SMILES string of the molecule is C1CCCCC1.COCc1ccccc1. The van der Waals surface area contributed by atoms with Crippen molar-refractivity contribution < 1.29 is 4.74 Å². The molecule has 0 aromatic heterocycles. The minimum atomic E-state index is 0.709. The van der Waals surface area contributed by atoms with E-state index in [0.717, 1.165) is 0 Å². The monoisotopic (exact) mass is 206 g/mol. The van der Waals surface area contributed by atoms with Crippen LogP contribution in [0.25, 0.3) is 0 Å². The lowest BCUT2D eigenvalue weighted by atomic mass is 10.0. The largest absolute Gasteiger partial charge is 0.380 e. The Balaban J connectivity index is 0.000000162. The van der Waals surface area contributed by atoms with Gasteiger partial charge in [-0.15, -0.1) is 0 Å². The zero-order valence-electron chi connectivity index (χ0n) is 9.74. The number of methoxy groups -OCH3 is 1. The standard InChI is InChI=1S/C8H10O.C6H12/c1-9-7-8-5-3-2-4-6-8;1-2-4-6-5-3-1/h2-6H,7H2,1H3;1-6H2. The van der Waals surface area contributed by atoms with Gasteiger partial charge in [-0.3, -0.25) is 0 Å². The molecule has 1 aliphatic rings. The lowest BCUT2D eigenvalue weighted by Gasteiger charge is -2.05. The topological polar surface area (TPSA) is 9.23 Å². The van der Waals surface area contributed by atoms with Crippen LogP contribution in [0.3, 0.4) is 0 Å². The Hall–Kier alpha value is -0.820. The van der Waals surface area contributed by atoms with Crippen LogP contribution in [-0.2, 0) is 11.3 Å². The highest BCUT2D eigenvalue weighted by Gasteiger charge is 1.95. The summed E-state index contributed by atoms with van der Waals surface area (Å²) in [4.78, 5) is 0. The Kier molecular flexibility index (Phi) is 6.93. The van der Waals surface area contributed by atoms with E-state index in [4.69, 9.17) is 4.74 Å². The van der Waals surface area contributed by atoms with Gasteiger partial charge in [-0.2, -0.15) is 0 Å². The van der Waals surface area contributed by atoms with E-state index in [9.17, 15) is 0 Å². The molecular formula is C14H22O. The number of hydrogen-bond donors (Lipinski definition) is 0. The predicted octanol–water partition coefficient (Wildman–Crippen LogP) is 4.17. The summed E-state index contributed by atoms with van der Waals surface area (Å²) in [6, 6.07) is 10.1.